The number of nitrogens with two attached hydrogens (primary N) is 1. The van der Waals surface area contributed by atoms with Crippen molar-refractivity contribution >= 4 is 5.91 Å². The van der Waals surface area contributed by atoms with Crippen LogP contribution in [0.1, 0.15) is 36.9 Å². The Kier molecular flexibility index (Phi) is 6.16. The van der Waals surface area contributed by atoms with Gasteiger partial charge in [-0.3, -0.25) is 4.79 Å². The first-order valence-electron chi connectivity index (χ1n) is 7.86. The molecule has 0 aliphatic carbocycles. The van der Waals surface area contributed by atoms with E-state index in [0.29, 0.717) is 6.54 Å². The van der Waals surface area contributed by atoms with Gasteiger partial charge in [-0.1, -0.05) is 67.6 Å². The molecule has 2 aromatic carbocycles. The minimum absolute atomic E-state index is 0.0278. The number of hydrogen-bond donors (Lipinski definition) is 2. The van der Waals surface area contributed by atoms with Gasteiger partial charge < -0.3 is 11.1 Å². The van der Waals surface area contributed by atoms with Crippen LogP contribution in [0, 0.1) is 5.92 Å². The molecule has 0 spiro atoms. The molecule has 0 heterocycles. The first-order valence-corrected chi connectivity index (χ1v) is 7.86. The van der Waals surface area contributed by atoms with Gasteiger partial charge in [0.2, 0.25) is 5.91 Å². The van der Waals surface area contributed by atoms with Crippen LogP contribution in [-0.4, -0.2) is 12.5 Å². The lowest BCUT2D eigenvalue weighted by Gasteiger charge is -2.23. The lowest BCUT2D eigenvalue weighted by Crippen LogP contribution is -2.35. The summed E-state index contributed by atoms with van der Waals surface area (Å²) in [4.78, 5) is 12.6. The van der Waals surface area contributed by atoms with Gasteiger partial charge in [0.25, 0.3) is 0 Å². The average Bonchev–Trinajstić information content (AvgIpc) is 2.59. The second kappa shape index (κ2) is 8.35. The summed E-state index contributed by atoms with van der Waals surface area (Å²) in [5.74, 6) is 0.0468. The highest BCUT2D eigenvalue weighted by atomic mass is 16.1. The van der Waals surface area contributed by atoms with Crippen molar-refractivity contribution in [1.29, 1.82) is 0 Å². The van der Waals surface area contributed by atoms with Gasteiger partial charge in [-0.2, -0.15) is 0 Å². The van der Waals surface area contributed by atoms with Crippen LogP contribution >= 0.6 is 0 Å². The molecular weight excluding hydrogens is 272 g/mol. The standard InChI is InChI=1S/C19H24N2O/c1-2-15(13-14-20)19(22)21-18(16-9-5-3-6-10-16)17-11-7-4-8-12-17/h3-12,15,18H,2,13-14,20H2,1H3,(H,21,22). The SMILES string of the molecule is CCC(CCN)C(=O)NC(c1ccccc1)c1ccccc1. The lowest BCUT2D eigenvalue weighted by atomic mass is 9.96. The zero-order valence-electron chi connectivity index (χ0n) is 13.0. The van der Waals surface area contributed by atoms with Gasteiger partial charge in [-0.05, 0) is 30.5 Å². The Hall–Kier alpha value is -2.13. The summed E-state index contributed by atoms with van der Waals surface area (Å²) in [5.41, 5.74) is 7.79. The van der Waals surface area contributed by atoms with Crippen molar-refractivity contribution in [1.82, 2.24) is 5.32 Å². The van der Waals surface area contributed by atoms with E-state index in [1.54, 1.807) is 0 Å². The summed E-state index contributed by atoms with van der Waals surface area (Å²) in [6, 6.07) is 20.0. The molecule has 0 fully saturated rings. The third kappa shape index (κ3) is 4.18. The molecule has 3 heteroatoms. The van der Waals surface area contributed by atoms with Gasteiger partial charge in [0.15, 0.2) is 0 Å². The molecule has 22 heavy (non-hydrogen) atoms. The number of rotatable bonds is 7. The molecule has 3 nitrogen and oxygen atoms in total. The van der Waals surface area contributed by atoms with E-state index < -0.39 is 0 Å². The zero-order valence-corrected chi connectivity index (χ0v) is 13.0. The summed E-state index contributed by atoms with van der Waals surface area (Å²) in [6.45, 7) is 2.56. The molecular formula is C19H24N2O. The van der Waals surface area contributed by atoms with Crippen LogP contribution in [0.2, 0.25) is 0 Å². The van der Waals surface area contributed by atoms with Crippen LogP contribution in [0.4, 0.5) is 0 Å². The number of benzene rings is 2. The Morgan fingerprint density at radius 2 is 1.50 bits per heavy atom. The number of nitrogens with one attached hydrogen (secondary N) is 1. The molecule has 1 amide bonds. The average molecular weight is 296 g/mol. The fourth-order valence-corrected chi connectivity index (χ4v) is 2.63. The molecule has 0 aliphatic heterocycles. The second-order valence-corrected chi connectivity index (χ2v) is 5.45. The number of amides is 1. The van der Waals surface area contributed by atoms with Gasteiger partial charge in [-0.15, -0.1) is 0 Å². The Bertz CT molecular complexity index is 529. The van der Waals surface area contributed by atoms with E-state index in [9.17, 15) is 4.79 Å². The maximum Gasteiger partial charge on any atom is 0.223 e. The summed E-state index contributed by atoms with van der Waals surface area (Å²) in [5, 5.41) is 3.19. The van der Waals surface area contributed by atoms with E-state index in [2.05, 4.69) is 5.32 Å². The van der Waals surface area contributed by atoms with Crippen LogP contribution in [0.5, 0.6) is 0 Å². The normalized spacial score (nSPS) is 12.1. The summed E-state index contributed by atoms with van der Waals surface area (Å²) in [6.07, 6.45) is 1.53. The van der Waals surface area contributed by atoms with E-state index in [1.807, 2.05) is 67.6 Å². The third-order valence-electron chi connectivity index (χ3n) is 3.93. The molecule has 1 atom stereocenters. The maximum absolute atomic E-state index is 12.6. The molecule has 0 saturated carbocycles. The summed E-state index contributed by atoms with van der Waals surface area (Å²) < 4.78 is 0. The molecule has 0 bridgehead atoms. The first-order chi connectivity index (χ1) is 10.8. The Morgan fingerprint density at radius 3 is 1.91 bits per heavy atom. The minimum atomic E-state index is -0.123. The maximum atomic E-state index is 12.6. The van der Waals surface area contributed by atoms with Crippen molar-refractivity contribution < 1.29 is 4.79 Å². The Labute approximate surface area is 132 Å². The molecule has 2 rings (SSSR count). The first kappa shape index (κ1) is 16.2. The zero-order chi connectivity index (χ0) is 15.8. The van der Waals surface area contributed by atoms with Gasteiger partial charge in [-0.25, -0.2) is 0 Å². The Balaban J connectivity index is 2.24. The molecule has 2 aromatic rings. The van der Waals surface area contributed by atoms with Crippen LogP contribution < -0.4 is 11.1 Å². The highest BCUT2D eigenvalue weighted by Crippen LogP contribution is 2.23. The Morgan fingerprint density at radius 1 is 1.00 bits per heavy atom. The van der Waals surface area contributed by atoms with Crippen molar-refractivity contribution in [2.45, 2.75) is 25.8 Å². The van der Waals surface area contributed by atoms with Crippen molar-refractivity contribution in [2.24, 2.45) is 11.7 Å². The van der Waals surface area contributed by atoms with E-state index in [1.165, 1.54) is 0 Å². The van der Waals surface area contributed by atoms with Gasteiger partial charge >= 0.3 is 0 Å². The molecule has 1 unspecified atom stereocenters. The van der Waals surface area contributed by atoms with Crippen molar-refractivity contribution in [3.05, 3.63) is 71.8 Å². The van der Waals surface area contributed by atoms with Crippen LogP contribution in [0.3, 0.4) is 0 Å². The van der Waals surface area contributed by atoms with Gasteiger partial charge in [0.05, 0.1) is 6.04 Å². The monoisotopic (exact) mass is 296 g/mol. The smallest absolute Gasteiger partial charge is 0.223 e. The third-order valence-corrected chi connectivity index (χ3v) is 3.93. The second-order valence-electron chi connectivity index (χ2n) is 5.45. The minimum Gasteiger partial charge on any atom is -0.345 e. The molecule has 0 radical (unpaired) electrons. The quantitative estimate of drug-likeness (QED) is 0.824. The highest BCUT2D eigenvalue weighted by Gasteiger charge is 2.21. The van der Waals surface area contributed by atoms with Gasteiger partial charge in [0.1, 0.15) is 0 Å². The number of carbonyl (C=O) groups excluding carboxylic acids is 1. The lowest BCUT2D eigenvalue weighted by molar-refractivity contribution is -0.125. The highest BCUT2D eigenvalue weighted by molar-refractivity contribution is 5.79. The predicted molar refractivity (Wildman–Crippen MR) is 90.3 cm³/mol. The van der Waals surface area contributed by atoms with Gasteiger partial charge in [0, 0.05) is 5.92 Å². The summed E-state index contributed by atoms with van der Waals surface area (Å²) >= 11 is 0. The summed E-state index contributed by atoms with van der Waals surface area (Å²) in [7, 11) is 0. The number of hydrogen-bond acceptors (Lipinski definition) is 2. The predicted octanol–water partition coefficient (Wildman–Crippen LogP) is 3.27. The van der Waals surface area contributed by atoms with E-state index in [4.69, 9.17) is 5.73 Å². The van der Waals surface area contributed by atoms with E-state index in [-0.39, 0.29) is 17.9 Å². The van der Waals surface area contributed by atoms with Crippen molar-refractivity contribution in [3.8, 4) is 0 Å². The number of carbonyl (C=O) groups is 1. The molecule has 0 aliphatic rings. The largest absolute Gasteiger partial charge is 0.345 e. The topological polar surface area (TPSA) is 55.1 Å². The molecule has 0 saturated heterocycles. The molecule has 0 aromatic heterocycles. The van der Waals surface area contributed by atoms with E-state index >= 15 is 0 Å². The van der Waals surface area contributed by atoms with Crippen LogP contribution in [-0.2, 0) is 4.79 Å². The van der Waals surface area contributed by atoms with Crippen molar-refractivity contribution in [2.75, 3.05) is 6.54 Å². The molecule has 3 N–H and O–H groups in total. The van der Waals surface area contributed by atoms with Crippen LogP contribution in [0.25, 0.3) is 0 Å². The molecule has 116 valence electrons. The van der Waals surface area contributed by atoms with Crippen LogP contribution in [0.15, 0.2) is 60.7 Å². The van der Waals surface area contributed by atoms with Crippen molar-refractivity contribution in [3.63, 3.8) is 0 Å². The fourth-order valence-electron chi connectivity index (χ4n) is 2.63. The fraction of sp³-hybridized carbons (Fsp3) is 0.316. The van der Waals surface area contributed by atoms with E-state index in [0.717, 1.165) is 24.0 Å².